The molecule has 0 spiro atoms. The van der Waals surface area contributed by atoms with Crippen LogP contribution in [0, 0.1) is 0 Å². The molecule has 0 radical (unpaired) electrons. The number of hydrogen-bond acceptors (Lipinski definition) is 2. The van der Waals surface area contributed by atoms with Crippen LogP contribution in [0.3, 0.4) is 0 Å². The molecule has 19 heavy (non-hydrogen) atoms. The Kier molecular flexibility index (Phi) is 2.08. The number of imidazole rings is 1. The van der Waals surface area contributed by atoms with Crippen LogP contribution >= 0.6 is 15.9 Å². The van der Waals surface area contributed by atoms with E-state index < -0.39 is 0 Å². The van der Waals surface area contributed by atoms with Gasteiger partial charge in [-0.05, 0) is 30.3 Å². The lowest BCUT2D eigenvalue weighted by Crippen LogP contribution is -2.09. The zero-order valence-corrected chi connectivity index (χ0v) is 11.3. The zero-order chi connectivity index (χ0) is 13.0. The van der Waals surface area contributed by atoms with Crippen molar-refractivity contribution in [3.05, 3.63) is 57.3 Å². The highest BCUT2D eigenvalue weighted by Crippen LogP contribution is 2.22. The number of aromatic nitrogens is 3. The predicted molar refractivity (Wildman–Crippen MR) is 78.5 cm³/mol. The topological polar surface area (TPSA) is 50.2 Å². The molecule has 0 bridgehead atoms. The lowest BCUT2D eigenvalue weighted by atomic mass is 10.2. The van der Waals surface area contributed by atoms with E-state index in [1.54, 1.807) is 0 Å². The SMILES string of the molecule is O=c1[nH]c2nc3ccccc3n2c2cc(Br)ccc12. The Bertz CT molecular complexity index is 1000. The number of hydrogen-bond donors (Lipinski definition) is 1. The Balaban J connectivity index is 2.41. The number of aromatic amines is 1. The number of halogens is 1. The largest absolute Gasteiger partial charge is 0.291 e. The monoisotopic (exact) mass is 313 g/mol. The second kappa shape index (κ2) is 3.68. The molecule has 2 aromatic carbocycles. The van der Waals surface area contributed by atoms with E-state index in [4.69, 9.17) is 0 Å². The van der Waals surface area contributed by atoms with E-state index in [1.165, 1.54) is 0 Å². The zero-order valence-electron chi connectivity index (χ0n) is 9.72. The van der Waals surface area contributed by atoms with E-state index in [0.717, 1.165) is 21.0 Å². The van der Waals surface area contributed by atoms with E-state index >= 15 is 0 Å². The molecule has 0 amide bonds. The average molecular weight is 314 g/mol. The molecule has 92 valence electrons. The van der Waals surface area contributed by atoms with Gasteiger partial charge in [0.15, 0.2) is 0 Å². The van der Waals surface area contributed by atoms with Crippen molar-refractivity contribution in [1.82, 2.24) is 14.4 Å². The van der Waals surface area contributed by atoms with Gasteiger partial charge in [-0.1, -0.05) is 28.1 Å². The van der Waals surface area contributed by atoms with Crippen molar-refractivity contribution in [1.29, 1.82) is 0 Å². The first-order chi connectivity index (χ1) is 9.24. The van der Waals surface area contributed by atoms with Crippen molar-refractivity contribution in [3.8, 4) is 0 Å². The Morgan fingerprint density at radius 1 is 1.11 bits per heavy atom. The van der Waals surface area contributed by atoms with Crippen molar-refractivity contribution in [2.24, 2.45) is 0 Å². The first-order valence-corrected chi connectivity index (χ1v) is 6.62. The number of para-hydroxylation sites is 2. The number of rotatable bonds is 0. The second-order valence-corrected chi connectivity index (χ2v) is 5.29. The van der Waals surface area contributed by atoms with Gasteiger partial charge in [-0.25, -0.2) is 4.98 Å². The smallest absolute Gasteiger partial charge is 0.260 e. The Hall–Kier alpha value is -2.14. The summed E-state index contributed by atoms with van der Waals surface area (Å²) in [6, 6.07) is 13.4. The van der Waals surface area contributed by atoms with Gasteiger partial charge in [-0.2, -0.15) is 0 Å². The van der Waals surface area contributed by atoms with Gasteiger partial charge in [0.05, 0.1) is 21.9 Å². The van der Waals surface area contributed by atoms with Gasteiger partial charge in [-0.15, -0.1) is 0 Å². The van der Waals surface area contributed by atoms with Crippen molar-refractivity contribution in [2.45, 2.75) is 0 Å². The molecule has 0 aliphatic heterocycles. The molecular weight excluding hydrogens is 306 g/mol. The molecule has 2 heterocycles. The molecule has 0 aliphatic carbocycles. The summed E-state index contributed by atoms with van der Waals surface area (Å²) in [6.07, 6.45) is 0. The van der Waals surface area contributed by atoms with Gasteiger partial charge in [0.2, 0.25) is 5.78 Å². The van der Waals surface area contributed by atoms with Crippen LogP contribution in [0.25, 0.3) is 27.7 Å². The van der Waals surface area contributed by atoms with Crippen molar-refractivity contribution >= 4 is 43.6 Å². The van der Waals surface area contributed by atoms with Gasteiger partial charge in [0.1, 0.15) is 0 Å². The molecule has 0 aliphatic rings. The molecule has 4 nitrogen and oxygen atoms in total. The minimum absolute atomic E-state index is 0.120. The summed E-state index contributed by atoms with van der Waals surface area (Å²) in [5, 5.41) is 0.652. The molecule has 4 aromatic rings. The molecule has 5 heteroatoms. The Morgan fingerprint density at radius 2 is 1.95 bits per heavy atom. The standard InChI is InChI=1S/C14H8BrN3O/c15-8-5-6-9-12(7-8)18-11-4-2-1-3-10(11)16-14(18)17-13(9)19/h1-7H,(H,16,17,19). The first kappa shape index (κ1) is 10.8. The van der Waals surface area contributed by atoms with Crippen molar-refractivity contribution in [2.75, 3.05) is 0 Å². The summed E-state index contributed by atoms with van der Waals surface area (Å²) in [7, 11) is 0. The third-order valence-electron chi connectivity index (χ3n) is 3.23. The summed E-state index contributed by atoms with van der Waals surface area (Å²) in [5.41, 5.74) is 2.58. The van der Waals surface area contributed by atoms with Gasteiger partial charge in [0, 0.05) is 4.47 Å². The highest BCUT2D eigenvalue weighted by atomic mass is 79.9. The summed E-state index contributed by atoms with van der Waals surface area (Å²) in [5.74, 6) is 0.566. The van der Waals surface area contributed by atoms with E-state index in [-0.39, 0.29) is 5.56 Å². The molecule has 4 rings (SSSR count). The van der Waals surface area contributed by atoms with E-state index in [1.807, 2.05) is 46.9 Å². The van der Waals surface area contributed by atoms with Crippen LogP contribution in [0.2, 0.25) is 0 Å². The van der Waals surface area contributed by atoms with Crippen LogP contribution in [-0.4, -0.2) is 14.4 Å². The lowest BCUT2D eigenvalue weighted by Gasteiger charge is -2.03. The van der Waals surface area contributed by atoms with Crippen molar-refractivity contribution < 1.29 is 0 Å². The predicted octanol–water partition coefficient (Wildman–Crippen LogP) is 3.09. The molecule has 2 aromatic heterocycles. The molecule has 1 N–H and O–H groups in total. The maximum atomic E-state index is 12.1. The number of H-pyrrole nitrogens is 1. The third kappa shape index (κ3) is 1.45. The minimum Gasteiger partial charge on any atom is -0.291 e. The maximum absolute atomic E-state index is 12.1. The Labute approximate surface area is 115 Å². The minimum atomic E-state index is -0.120. The fraction of sp³-hybridized carbons (Fsp3) is 0. The molecule has 0 saturated carbocycles. The summed E-state index contributed by atoms with van der Waals surface area (Å²) >= 11 is 3.45. The highest BCUT2D eigenvalue weighted by molar-refractivity contribution is 9.10. The van der Waals surface area contributed by atoms with Crippen molar-refractivity contribution in [3.63, 3.8) is 0 Å². The van der Waals surface area contributed by atoms with Crippen LogP contribution < -0.4 is 5.56 Å². The van der Waals surface area contributed by atoms with E-state index in [9.17, 15) is 4.79 Å². The maximum Gasteiger partial charge on any atom is 0.260 e. The molecule has 0 saturated heterocycles. The third-order valence-corrected chi connectivity index (χ3v) is 3.72. The summed E-state index contributed by atoms with van der Waals surface area (Å²) < 4.78 is 2.90. The quantitative estimate of drug-likeness (QED) is 0.542. The first-order valence-electron chi connectivity index (χ1n) is 5.83. The molecule has 0 fully saturated rings. The van der Waals surface area contributed by atoms with Gasteiger partial charge < -0.3 is 0 Å². The number of fused-ring (bicyclic) bond motifs is 5. The van der Waals surface area contributed by atoms with Crippen LogP contribution in [0.4, 0.5) is 0 Å². The lowest BCUT2D eigenvalue weighted by molar-refractivity contribution is 1.15. The fourth-order valence-corrected chi connectivity index (χ4v) is 2.75. The van der Waals surface area contributed by atoms with Crippen LogP contribution in [0.15, 0.2) is 51.7 Å². The van der Waals surface area contributed by atoms with Gasteiger partial charge in [-0.3, -0.25) is 14.2 Å². The summed E-state index contributed by atoms with van der Waals surface area (Å²) in [6.45, 7) is 0. The number of nitrogens with zero attached hydrogens (tertiary/aromatic N) is 2. The number of benzene rings is 2. The van der Waals surface area contributed by atoms with Crippen LogP contribution in [0.5, 0.6) is 0 Å². The summed E-state index contributed by atoms with van der Waals surface area (Å²) in [4.78, 5) is 19.3. The average Bonchev–Trinajstić information content (AvgIpc) is 2.76. The highest BCUT2D eigenvalue weighted by Gasteiger charge is 2.10. The number of nitrogens with one attached hydrogen (secondary N) is 1. The Morgan fingerprint density at radius 3 is 2.84 bits per heavy atom. The van der Waals surface area contributed by atoms with Crippen LogP contribution in [-0.2, 0) is 0 Å². The molecular formula is C14H8BrN3O. The molecule has 0 atom stereocenters. The normalized spacial score (nSPS) is 11.6. The molecule has 0 unspecified atom stereocenters. The van der Waals surface area contributed by atoms with E-state index in [0.29, 0.717) is 11.2 Å². The van der Waals surface area contributed by atoms with E-state index in [2.05, 4.69) is 25.9 Å². The van der Waals surface area contributed by atoms with Gasteiger partial charge in [0.25, 0.3) is 5.56 Å². The second-order valence-electron chi connectivity index (χ2n) is 4.38. The fourth-order valence-electron chi connectivity index (χ4n) is 2.40. The van der Waals surface area contributed by atoms with Crippen LogP contribution in [0.1, 0.15) is 0 Å². The van der Waals surface area contributed by atoms with Gasteiger partial charge >= 0.3 is 0 Å².